The molecule has 0 saturated carbocycles. The molecule has 1 fully saturated rings. The number of fused-ring (bicyclic) bond motifs is 3. The van der Waals surface area contributed by atoms with Crippen LogP contribution in [0.1, 0.15) is 39.0 Å². The normalized spacial score (nSPS) is 22.6. The Bertz CT molecular complexity index is 1330. The third kappa shape index (κ3) is 4.30. The van der Waals surface area contributed by atoms with Crippen LogP contribution in [0.15, 0.2) is 60.7 Å². The molecule has 37 heavy (non-hydrogen) atoms. The summed E-state index contributed by atoms with van der Waals surface area (Å²) in [7, 11) is 4.66. The quantitative estimate of drug-likeness (QED) is 0.246. The molecule has 2 aliphatic rings. The van der Waals surface area contributed by atoms with E-state index in [0.29, 0.717) is 46.4 Å². The molecule has 192 valence electrons. The molecule has 8 nitrogen and oxygen atoms in total. The van der Waals surface area contributed by atoms with Gasteiger partial charge in [-0.3, -0.25) is 19.8 Å². The van der Waals surface area contributed by atoms with E-state index in [1.807, 2.05) is 17.0 Å². The van der Waals surface area contributed by atoms with Crippen LogP contribution in [0.3, 0.4) is 0 Å². The van der Waals surface area contributed by atoms with Gasteiger partial charge in [-0.2, -0.15) is 0 Å². The fourth-order valence-corrected chi connectivity index (χ4v) is 5.95. The molecule has 5 rings (SSSR count). The number of halogens is 1. The summed E-state index contributed by atoms with van der Waals surface area (Å²) in [6.07, 6.45) is 0.621. The van der Waals surface area contributed by atoms with Gasteiger partial charge in [0, 0.05) is 22.1 Å². The smallest absolute Gasteiger partial charge is 0.241 e. The van der Waals surface area contributed by atoms with Gasteiger partial charge in [-0.15, -0.1) is 0 Å². The molecule has 2 aliphatic heterocycles. The number of rotatable bonds is 7. The van der Waals surface area contributed by atoms with Crippen molar-refractivity contribution in [2.75, 3.05) is 27.9 Å². The minimum Gasteiger partial charge on any atom is -0.497 e. The number of hydrogen-bond acceptors (Lipinski definition) is 7. The van der Waals surface area contributed by atoms with Crippen molar-refractivity contribution in [3.05, 3.63) is 98.1 Å². The van der Waals surface area contributed by atoms with E-state index < -0.39 is 24.0 Å². The monoisotopic (exact) mass is 522 g/mol. The van der Waals surface area contributed by atoms with Crippen molar-refractivity contribution in [2.45, 2.75) is 30.5 Å². The van der Waals surface area contributed by atoms with Crippen LogP contribution in [0.25, 0.3) is 0 Å². The number of Topliss-reactive ketones (excluding diaryl/α,β-unsaturated/α-hetero) is 1. The van der Waals surface area contributed by atoms with E-state index in [9.17, 15) is 14.9 Å². The number of nitrogens with zero attached hydrogens (tertiary/aromatic N) is 2. The van der Waals surface area contributed by atoms with Gasteiger partial charge in [-0.25, -0.2) is 0 Å². The zero-order valence-corrected chi connectivity index (χ0v) is 21.5. The Morgan fingerprint density at radius 2 is 1.62 bits per heavy atom. The molecule has 3 aromatic rings. The van der Waals surface area contributed by atoms with Gasteiger partial charge in [0.25, 0.3) is 0 Å². The molecule has 0 amide bonds. The lowest BCUT2D eigenvalue weighted by molar-refractivity contribution is -0.529. The number of nitro groups is 1. The first-order chi connectivity index (χ1) is 17.9. The summed E-state index contributed by atoms with van der Waals surface area (Å²) < 4.78 is 16.3. The van der Waals surface area contributed by atoms with Crippen LogP contribution in [0.4, 0.5) is 0 Å². The maximum atomic E-state index is 14.1. The van der Waals surface area contributed by atoms with E-state index in [1.165, 1.54) is 7.11 Å². The van der Waals surface area contributed by atoms with Crippen LogP contribution in [-0.4, -0.2) is 55.6 Å². The Morgan fingerprint density at radius 1 is 0.973 bits per heavy atom. The summed E-state index contributed by atoms with van der Waals surface area (Å²) >= 11 is 6.14. The van der Waals surface area contributed by atoms with Gasteiger partial charge in [0.2, 0.25) is 6.04 Å². The summed E-state index contributed by atoms with van der Waals surface area (Å²) in [4.78, 5) is 28.6. The Labute approximate surface area is 219 Å². The third-order valence-electron chi connectivity index (χ3n) is 7.49. The molecule has 0 bridgehead atoms. The highest BCUT2D eigenvalue weighted by atomic mass is 35.5. The van der Waals surface area contributed by atoms with Crippen LogP contribution >= 0.6 is 11.6 Å². The first kappa shape index (κ1) is 25.0. The van der Waals surface area contributed by atoms with Gasteiger partial charge in [0.05, 0.1) is 33.3 Å². The first-order valence-corrected chi connectivity index (χ1v) is 12.3. The van der Waals surface area contributed by atoms with Crippen LogP contribution in [0.5, 0.6) is 17.2 Å². The van der Waals surface area contributed by atoms with Gasteiger partial charge >= 0.3 is 0 Å². The fourth-order valence-electron chi connectivity index (χ4n) is 5.83. The predicted octanol–water partition coefficient (Wildman–Crippen LogP) is 4.96. The molecule has 0 aliphatic carbocycles. The summed E-state index contributed by atoms with van der Waals surface area (Å²) in [5.41, 5.74) is 2.92. The first-order valence-electron chi connectivity index (χ1n) is 12.0. The molecule has 0 spiro atoms. The lowest BCUT2D eigenvalue weighted by Crippen LogP contribution is -2.43. The second-order valence-electron chi connectivity index (χ2n) is 9.23. The van der Waals surface area contributed by atoms with Crippen LogP contribution in [0, 0.1) is 10.1 Å². The molecule has 2 heterocycles. The third-order valence-corrected chi connectivity index (χ3v) is 7.74. The van der Waals surface area contributed by atoms with Crippen molar-refractivity contribution >= 4 is 17.4 Å². The van der Waals surface area contributed by atoms with Crippen LogP contribution in [-0.2, 0) is 6.42 Å². The predicted molar refractivity (Wildman–Crippen MR) is 139 cm³/mol. The van der Waals surface area contributed by atoms with Crippen LogP contribution < -0.4 is 14.2 Å². The SMILES string of the molecule is COc1ccc(C(=O)[C@@H]2[C@H](c3ccc(Cl)cc3)[C@@H]([N+](=O)[O-])[C@H]3c4cc(OC)c(OC)cc4CCN23)cc1. The number of benzene rings is 3. The maximum absolute atomic E-state index is 14.1. The van der Waals surface area contributed by atoms with E-state index in [-0.39, 0.29) is 10.7 Å². The highest BCUT2D eigenvalue weighted by Crippen LogP contribution is 2.51. The number of carbonyl (C=O) groups is 1. The molecular weight excluding hydrogens is 496 g/mol. The van der Waals surface area contributed by atoms with Gasteiger partial charge in [-0.05, 0) is 71.6 Å². The Hall–Kier alpha value is -3.62. The van der Waals surface area contributed by atoms with Crippen molar-refractivity contribution < 1.29 is 23.9 Å². The van der Waals surface area contributed by atoms with E-state index >= 15 is 0 Å². The summed E-state index contributed by atoms with van der Waals surface area (Å²) in [5.74, 6) is 0.849. The van der Waals surface area contributed by atoms with Gasteiger partial charge < -0.3 is 14.2 Å². The minimum absolute atomic E-state index is 0.166. The summed E-state index contributed by atoms with van der Waals surface area (Å²) in [6, 6.07) is 15.1. The number of hydrogen-bond donors (Lipinski definition) is 0. The van der Waals surface area contributed by atoms with Crippen molar-refractivity contribution in [1.82, 2.24) is 4.90 Å². The average molecular weight is 523 g/mol. The molecule has 0 unspecified atom stereocenters. The van der Waals surface area contributed by atoms with Crippen molar-refractivity contribution in [3.63, 3.8) is 0 Å². The largest absolute Gasteiger partial charge is 0.497 e. The maximum Gasteiger partial charge on any atom is 0.241 e. The molecule has 0 N–H and O–H groups in total. The number of ketones is 1. The average Bonchev–Trinajstić information content (AvgIpc) is 3.28. The number of methoxy groups -OCH3 is 3. The Kier molecular flexibility index (Phi) is 6.79. The molecule has 0 radical (unpaired) electrons. The molecule has 9 heteroatoms. The second kappa shape index (κ2) is 10.0. The number of carbonyl (C=O) groups excluding carboxylic acids is 1. The summed E-state index contributed by atoms with van der Waals surface area (Å²) in [6.45, 7) is 0.494. The minimum atomic E-state index is -1.06. The van der Waals surface area contributed by atoms with Gasteiger partial charge in [0.1, 0.15) is 11.8 Å². The molecule has 4 atom stereocenters. The highest BCUT2D eigenvalue weighted by Gasteiger charge is 2.60. The topological polar surface area (TPSA) is 91.1 Å². The van der Waals surface area contributed by atoms with Crippen molar-refractivity contribution in [1.29, 1.82) is 0 Å². The van der Waals surface area contributed by atoms with E-state index in [0.717, 1.165) is 11.1 Å². The summed E-state index contributed by atoms with van der Waals surface area (Å²) in [5, 5.41) is 13.3. The number of ether oxygens (including phenoxy) is 3. The fraction of sp³-hybridized carbons (Fsp3) is 0.321. The Balaban J connectivity index is 1.68. The van der Waals surface area contributed by atoms with E-state index in [1.54, 1.807) is 62.8 Å². The molecule has 3 aromatic carbocycles. The van der Waals surface area contributed by atoms with E-state index in [2.05, 4.69) is 0 Å². The lowest BCUT2D eigenvalue weighted by Gasteiger charge is -2.35. The lowest BCUT2D eigenvalue weighted by atomic mass is 9.82. The van der Waals surface area contributed by atoms with E-state index in [4.69, 9.17) is 25.8 Å². The van der Waals surface area contributed by atoms with Crippen LogP contribution in [0.2, 0.25) is 5.02 Å². The second-order valence-corrected chi connectivity index (χ2v) is 9.67. The van der Waals surface area contributed by atoms with Gasteiger partial charge in [0.15, 0.2) is 17.3 Å². The molecular formula is C28H27ClN2O6. The van der Waals surface area contributed by atoms with Crippen molar-refractivity contribution in [3.8, 4) is 17.2 Å². The highest BCUT2D eigenvalue weighted by molar-refractivity contribution is 6.30. The Morgan fingerprint density at radius 3 is 2.22 bits per heavy atom. The molecule has 1 saturated heterocycles. The zero-order chi connectivity index (χ0) is 26.3. The standard InChI is InChI=1S/C28H27ClN2O6/c1-35-20-10-6-17(7-11-20)28(32)27-24(16-4-8-19(29)9-5-16)26(31(33)34)25-21-15-23(37-3)22(36-2)14-18(21)12-13-30(25)27/h4-11,14-15,24-27H,12-13H2,1-3H3/t24-,25-,26-,27+/m1/s1. The zero-order valence-electron chi connectivity index (χ0n) is 20.7. The van der Waals surface area contributed by atoms with Gasteiger partial charge in [-0.1, -0.05) is 23.7 Å². The molecule has 0 aromatic heterocycles. The van der Waals surface area contributed by atoms with Crippen molar-refractivity contribution in [2.24, 2.45) is 0 Å².